The zero-order valence-electron chi connectivity index (χ0n) is 14.8. The van der Waals surface area contributed by atoms with Gasteiger partial charge in [0, 0.05) is 36.3 Å². The molecule has 0 unspecified atom stereocenters. The summed E-state index contributed by atoms with van der Waals surface area (Å²) in [5.41, 5.74) is 1.38. The van der Waals surface area contributed by atoms with Gasteiger partial charge in [-0.1, -0.05) is 11.8 Å². The maximum absolute atomic E-state index is 14.8. The van der Waals surface area contributed by atoms with Crippen LogP contribution < -0.4 is 5.32 Å². The second kappa shape index (κ2) is 7.70. The van der Waals surface area contributed by atoms with Crippen LogP contribution in [0.5, 0.6) is 0 Å². The number of aromatic nitrogens is 4. The molecule has 146 valence electrons. The van der Waals surface area contributed by atoms with Gasteiger partial charge in [0.2, 0.25) is 0 Å². The molecule has 0 bridgehead atoms. The van der Waals surface area contributed by atoms with E-state index in [1.54, 1.807) is 40.0 Å². The third-order valence-electron chi connectivity index (χ3n) is 4.72. The molecule has 2 amide bonds. The summed E-state index contributed by atoms with van der Waals surface area (Å²) in [6.07, 6.45) is 6.63. The predicted octanol–water partition coefficient (Wildman–Crippen LogP) is 3.75. The molecule has 10 heteroatoms. The predicted molar refractivity (Wildman–Crippen MR) is 101 cm³/mol. The molecule has 3 aromatic rings. The van der Waals surface area contributed by atoms with E-state index in [1.165, 1.54) is 12.4 Å². The number of nitrogens with one attached hydrogen (secondary N) is 1. The largest absolute Gasteiger partial charge is 0.325 e. The van der Waals surface area contributed by atoms with Crippen molar-refractivity contribution in [1.29, 1.82) is 0 Å². The Hall–Kier alpha value is -2.75. The fourth-order valence-corrected chi connectivity index (χ4v) is 4.19. The zero-order chi connectivity index (χ0) is 19.6. The second-order valence-corrected chi connectivity index (χ2v) is 7.77. The summed E-state index contributed by atoms with van der Waals surface area (Å²) < 4.78 is 31.2. The van der Waals surface area contributed by atoms with Crippen LogP contribution >= 0.6 is 11.8 Å². The molecule has 28 heavy (non-hydrogen) atoms. The number of alkyl halides is 2. The van der Waals surface area contributed by atoms with Crippen molar-refractivity contribution in [3.05, 3.63) is 49.1 Å². The minimum atomic E-state index is -2.92. The standard InChI is InChI=1S/C18H18F2N6OS/c19-18(20,28-16-2-1-15-4-8-23-26(15)12-16)13-5-9-25(10-6-13)17(27)24-14-3-7-21-22-11-14/h1-4,7-8,11-13H,5-6,9-10H2,(H,21,24,27). The lowest BCUT2D eigenvalue weighted by Gasteiger charge is -2.35. The molecule has 0 atom stereocenters. The molecule has 1 aliphatic rings. The van der Waals surface area contributed by atoms with Gasteiger partial charge >= 0.3 is 11.3 Å². The molecule has 4 heterocycles. The van der Waals surface area contributed by atoms with E-state index in [4.69, 9.17) is 0 Å². The minimum absolute atomic E-state index is 0.242. The van der Waals surface area contributed by atoms with Crippen LogP contribution in [-0.2, 0) is 0 Å². The van der Waals surface area contributed by atoms with E-state index < -0.39 is 11.2 Å². The highest BCUT2D eigenvalue weighted by molar-refractivity contribution is 8.00. The minimum Gasteiger partial charge on any atom is -0.325 e. The molecule has 0 aliphatic carbocycles. The molecule has 7 nitrogen and oxygen atoms in total. The number of carbonyl (C=O) groups is 1. The Morgan fingerprint density at radius 1 is 1.14 bits per heavy atom. The first kappa shape index (κ1) is 18.6. The molecule has 1 fully saturated rings. The molecule has 1 aliphatic heterocycles. The highest BCUT2D eigenvalue weighted by atomic mass is 32.2. The maximum Gasteiger partial charge on any atom is 0.321 e. The SMILES string of the molecule is O=C(Nc1ccnnc1)N1CCC(C(F)(F)Sc2ccc3ccnn3c2)CC1. The third-order valence-corrected chi connectivity index (χ3v) is 5.80. The van der Waals surface area contributed by atoms with Crippen LogP contribution in [0.4, 0.5) is 19.3 Å². The van der Waals surface area contributed by atoms with Gasteiger partial charge in [0.15, 0.2) is 0 Å². The number of nitrogens with zero attached hydrogens (tertiary/aromatic N) is 5. The molecule has 1 N–H and O–H groups in total. The Labute approximate surface area is 164 Å². The first-order valence-electron chi connectivity index (χ1n) is 8.84. The van der Waals surface area contributed by atoms with Crippen LogP contribution in [-0.4, -0.2) is 49.1 Å². The van der Waals surface area contributed by atoms with Crippen LogP contribution in [0, 0.1) is 5.92 Å². The van der Waals surface area contributed by atoms with Gasteiger partial charge < -0.3 is 10.2 Å². The monoisotopic (exact) mass is 404 g/mol. The average Bonchev–Trinajstić information content (AvgIpc) is 3.16. The van der Waals surface area contributed by atoms with Crippen LogP contribution in [0.25, 0.3) is 5.52 Å². The molecule has 3 aromatic heterocycles. The van der Waals surface area contributed by atoms with E-state index >= 15 is 0 Å². The fourth-order valence-electron chi connectivity index (χ4n) is 3.18. The van der Waals surface area contributed by atoms with Gasteiger partial charge in [-0.2, -0.15) is 24.1 Å². The number of fused-ring (bicyclic) bond motifs is 1. The van der Waals surface area contributed by atoms with E-state index in [2.05, 4.69) is 20.6 Å². The average molecular weight is 404 g/mol. The normalized spacial score (nSPS) is 15.7. The van der Waals surface area contributed by atoms with Crippen molar-refractivity contribution < 1.29 is 13.6 Å². The van der Waals surface area contributed by atoms with Gasteiger partial charge in [-0.3, -0.25) is 0 Å². The highest BCUT2D eigenvalue weighted by Gasteiger charge is 2.42. The molecular weight excluding hydrogens is 386 g/mol. The number of rotatable bonds is 4. The van der Waals surface area contributed by atoms with Crippen molar-refractivity contribution in [3.63, 3.8) is 0 Å². The number of pyridine rings is 1. The molecule has 0 saturated carbocycles. The van der Waals surface area contributed by atoms with E-state index in [9.17, 15) is 13.6 Å². The van der Waals surface area contributed by atoms with Crippen molar-refractivity contribution in [3.8, 4) is 0 Å². The lowest BCUT2D eigenvalue weighted by molar-refractivity contribution is 0.00999. The summed E-state index contributed by atoms with van der Waals surface area (Å²) in [6, 6.07) is 6.58. The Bertz CT molecular complexity index is 959. The number of halogens is 2. The third kappa shape index (κ3) is 4.06. The lowest BCUT2D eigenvalue weighted by Crippen LogP contribution is -2.44. The number of piperidine rings is 1. The first-order valence-corrected chi connectivity index (χ1v) is 9.66. The Morgan fingerprint density at radius 3 is 2.71 bits per heavy atom. The number of hydrogen-bond acceptors (Lipinski definition) is 5. The van der Waals surface area contributed by atoms with Crippen molar-refractivity contribution in [2.45, 2.75) is 23.0 Å². The summed E-state index contributed by atoms with van der Waals surface area (Å²) in [4.78, 5) is 14.3. The van der Waals surface area contributed by atoms with Crippen molar-refractivity contribution in [2.75, 3.05) is 18.4 Å². The lowest BCUT2D eigenvalue weighted by atomic mass is 9.97. The van der Waals surface area contributed by atoms with Gasteiger partial charge in [0.1, 0.15) is 0 Å². The summed E-state index contributed by atoms with van der Waals surface area (Å²) in [5.74, 6) is -0.794. The molecule has 1 saturated heterocycles. The van der Waals surface area contributed by atoms with Gasteiger partial charge in [0.05, 0.1) is 23.6 Å². The van der Waals surface area contributed by atoms with E-state index in [1.807, 2.05) is 6.07 Å². The number of amides is 2. The maximum atomic E-state index is 14.8. The van der Waals surface area contributed by atoms with Gasteiger partial charge in [-0.15, -0.1) is 0 Å². The van der Waals surface area contributed by atoms with E-state index in [-0.39, 0.29) is 32.0 Å². The summed E-state index contributed by atoms with van der Waals surface area (Å²) >= 11 is 0.554. The number of carbonyl (C=O) groups excluding carboxylic acids is 1. The second-order valence-electron chi connectivity index (χ2n) is 6.55. The molecule has 4 rings (SSSR count). The molecule has 0 aromatic carbocycles. The number of anilines is 1. The Kier molecular flexibility index (Phi) is 5.12. The number of hydrogen-bond donors (Lipinski definition) is 1. The molecular formula is C18H18F2N6OS. The van der Waals surface area contributed by atoms with Crippen LogP contribution in [0.1, 0.15) is 12.8 Å². The number of thioether (sulfide) groups is 1. The quantitative estimate of drug-likeness (QED) is 0.671. The first-order chi connectivity index (χ1) is 13.5. The van der Waals surface area contributed by atoms with Crippen LogP contribution in [0.2, 0.25) is 0 Å². The van der Waals surface area contributed by atoms with Gasteiger partial charge in [-0.05, 0) is 37.1 Å². The van der Waals surface area contributed by atoms with Gasteiger partial charge in [0.25, 0.3) is 0 Å². The van der Waals surface area contributed by atoms with Gasteiger partial charge in [-0.25, -0.2) is 9.31 Å². The van der Waals surface area contributed by atoms with Crippen LogP contribution in [0.3, 0.4) is 0 Å². The zero-order valence-corrected chi connectivity index (χ0v) is 15.6. The highest BCUT2D eigenvalue weighted by Crippen LogP contribution is 2.45. The van der Waals surface area contributed by atoms with E-state index in [0.717, 1.165) is 5.52 Å². The summed E-state index contributed by atoms with van der Waals surface area (Å²) in [7, 11) is 0. The number of urea groups is 1. The smallest absolute Gasteiger partial charge is 0.321 e. The Balaban J connectivity index is 1.34. The topological polar surface area (TPSA) is 75.4 Å². The molecule has 0 radical (unpaired) electrons. The van der Waals surface area contributed by atoms with Crippen molar-refractivity contribution >= 4 is 29.0 Å². The number of likely N-dealkylation sites (tertiary alicyclic amines) is 1. The van der Waals surface area contributed by atoms with Crippen LogP contribution in [0.15, 0.2) is 53.9 Å². The molecule has 0 spiro atoms. The Morgan fingerprint density at radius 2 is 1.96 bits per heavy atom. The fraction of sp³-hybridized carbons (Fsp3) is 0.333. The summed E-state index contributed by atoms with van der Waals surface area (Å²) in [5, 5.41) is 11.2. The van der Waals surface area contributed by atoms with E-state index in [0.29, 0.717) is 22.3 Å². The van der Waals surface area contributed by atoms with Crippen molar-refractivity contribution in [2.24, 2.45) is 5.92 Å². The summed E-state index contributed by atoms with van der Waals surface area (Å²) in [6.45, 7) is 0.562. The van der Waals surface area contributed by atoms with Crippen molar-refractivity contribution in [1.82, 2.24) is 24.7 Å².